The summed E-state index contributed by atoms with van der Waals surface area (Å²) in [5.74, 6) is -0.0108. The Morgan fingerprint density at radius 1 is 0.765 bits per heavy atom. The molecule has 1 unspecified atom stereocenters. The molecule has 1 N–H and O–H groups in total. The third kappa shape index (κ3) is 2.71. The fourth-order valence-electron chi connectivity index (χ4n) is 7.08. The van der Waals surface area contributed by atoms with Gasteiger partial charge < -0.3 is 4.98 Å². The van der Waals surface area contributed by atoms with Gasteiger partial charge in [-0.05, 0) is 66.3 Å². The number of rotatable bonds is 2. The monoisotopic (exact) mass is 446 g/mol. The van der Waals surface area contributed by atoms with E-state index < -0.39 is 5.92 Å². The molecule has 5 atom stereocenters. The minimum Gasteiger partial charge on any atom is -0.357 e. The smallest absolute Gasteiger partial charge is 0.243 e. The molecule has 4 heteroatoms. The number of carbonyl (C=O) groups excluding carboxylic acids is 2. The number of para-hydroxylation sites is 2. The summed E-state index contributed by atoms with van der Waals surface area (Å²) < 4.78 is 0. The van der Waals surface area contributed by atoms with Gasteiger partial charge in [0.25, 0.3) is 0 Å². The van der Waals surface area contributed by atoms with Crippen LogP contribution in [0.2, 0.25) is 0 Å². The quantitative estimate of drug-likeness (QED) is 0.377. The van der Waals surface area contributed by atoms with Gasteiger partial charge in [0.1, 0.15) is 0 Å². The van der Waals surface area contributed by atoms with Crippen molar-refractivity contribution in [3.63, 3.8) is 0 Å². The highest BCUT2D eigenvalue weighted by Gasteiger charge is 2.59. The number of anilines is 1. The number of nitrogens with one attached hydrogen (secondary N) is 1. The summed E-state index contributed by atoms with van der Waals surface area (Å²) in [6.07, 6.45) is 3.08. The number of carbonyl (C=O) groups is 2. The van der Waals surface area contributed by atoms with Crippen LogP contribution < -0.4 is 4.90 Å². The Morgan fingerprint density at radius 2 is 1.47 bits per heavy atom. The molecule has 0 bridgehead atoms. The van der Waals surface area contributed by atoms with Crippen molar-refractivity contribution in [2.45, 2.75) is 37.0 Å². The molecule has 4 nitrogen and oxygen atoms in total. The number of fused-ring (bicyclic) bond motifs is 8. The lowest BCUT2D eigenvalue weighted by Gasteiger charge is -2.43. The highest BCUT2D eigenvalue weighted by Crippen LogP contribution is 2.59. The average molecular weight is 447 g/mol. The van der Waals surface area contributed by atoms with Crippen LogP contribution in [0.1, 0.15) is 53.8 Å². The van der Waals surface area contributed by atoms with Crippen molar-refractivity contribution in [1.29, 1.82) is 0 Å². The van der Waals surface area contributed by atoms with Gasteiger partial charge >= 0.3 is 0 Å². The van der Waals surface area contributed by atoms with Crippen LogP contribution in [0.5, 0.6) is 0 Å². The van der Waals surface area contributed by atoms with Gasteiger partial charge in [-0.25, -0.2) is 4.90 Å². The first-order valence-electron chi connectivity index (χ1n) is 12.3. The third-order valence-electron chi connectivity index (χ3n) is 8.46. The summed E-state index contributed by atoms with van der Waals surface area (Å²) in [5.41, 5.74) is 5.35. The molecule has 1 saturated heterocycles. The molecule has 7 rings (SSSR count). The van der Waals surface area contributed by atoms with Crippen LogP contribution in [-0.4, -0.2) is 16.8 Å². The van der Waals surface area contributed by atoms with Crippen LogP contribution in [-0.2, 0) is 9.59 Å². The number of imide groups is 1. The van der Waals surface area contributed by atoms with Gasteiger partial charge in [0.15, 0.2) is 0 Å². The number of nitrogens with zero attached hydrogens (tertiary/aromatic N) is 1. The molecule has 2 aliphatic carbocycles. The molecule has 1 aromatic heterocycles. The van der Waals surface area contributed by atoms with E-state index in [4.69, 9.17) is 0 Å². The molecule has 34 heavy (non-hydrogen) atoms. The van der Waals surface area contributed by atoms with E-state index in [0.29, 0.717) is 17.5 Å². The lowest BCUT2D eigenvalue weighted by Crippen LogP contribution is -2.39. The van der Waals surface area contributed by atoms with Crippen molar-refractivity contribution in [3.05, 3.63) is 102 Å². The molecular formula is C30H26N2O2. The van der Waals surface area contributed by atoms with Crippen LogP contribution in [0.3, 0.4) is 0 Å². The molecule has 168 valence electrons. The summed E-state index contributed by atoms with van der Waals surface area (Å²) in [7, 11) is 0. The Balaban J connectivity index is 1.39. The average Bonchev–Trinajstić information content (AvgIpc) is 3.40. The first-order valence-corrected chi connectivity index (χ1v) is 12.3. The summed E-state index contributed by atoms with van der Waals surface area (Å²) in [4.78, 5) is 32.9. The highest BCUT2D eigenvalue weighted by atomic mass is 16.2. The lowest BCUT2D eigenvalue weighted by atomic mass is 9.58. The van der Waals surface area contributed by atoms with Crippen LogP contribution >= 0.6 is 0 Å². The van der Waals surface area contributed by atoms with E-state index in [1.54, 1.807) is 0 Å². The molecule has 2 heterocycles. The van der Waals surface area contributed by atoms with Gasteiger partial charge in [-0.1, -0.05) is 66.7 Å². The van der Waals surface area contributed by atoms with Crippen LogP contribution in [0, 0.1) is 11.8 Å². The van der Waals surface area contributed by atoms with Gasteiger partial charge in [-0.3, -0.25) is 9.59 Å². The molecule has 2 amide bonds. The summed E-state index contributed by atoms with van der Waals surface area (Å²) >= 11 is 0. The number of benzene rings is 3. The normalized spacial score (nSPS) is 28.0. The van der Waals surface area contributed by atoms with Crippen molar-refractivity contribution in [3.8, 4) is 0 Å². The molecule has 2 fully saturated rings. The topological polar surface area (TPSA) is 53.2 Å². The summed E-state index contributed by atoms with van der Waals surface area (Å²) in [6.45, 7) is 0. The van der Waals surface area contributed by atoms with Crippen LogP contribution in [0.4, 0.5) is 5.69 Å². The van der Waals surface area contributed by atoms with Crippen molar-refractivity contribution in [1.82, 2.24) is 4.98 Å². The predicted molar refractivity (Wildman–Crippen MR) is 133 cm³/mol. The Morgan fingerprint density at radius 3 is 2.26 bits per heavy atom. The predicted octanol–water partition coefficient (Wildman–Crippen LogP) is 6.12. The Kier molecular flexibility index (Phi) is 4.32. The standard InChI is InChI=1S/C30H26N2O2/c33-29-26-23-17-19(18-9-3-1-4-10-18)15-16-21(23)25-22-13-7-8-14-24(22)31-28(25)27(26)30(34)32(29)20-11-5-2-6-12-20/h1-14,19,21,23,26-27,31H,15-17H2/t19?,21-,23+,26+,27+/m0/s1. The highest BCUT2D eigenvalue weighted by molar-refractivity contribution is 6.24. The molecular weight excluding hydrogens is 420 g/mol. The third-order valence-corrected chi connectivity index (χ3v) is 8.46. The van der Waals surface area contributed by atoms with Crippen molar-refractivity contribution < 1.29 is 9.59 Å². The number of amides is 2. The molecule has 0 spiro atoms. The number of H-pyrrole nitrogens is 1. The molecule has 3 aromatic carbocycles. The summed E-state index contributed by atoms with van der Waals surface area (Å²) in [5, 5.41) is 1.21. The SMILES string of the molecule is O=C1[C@@H]2[C@@H]3CC(c4ccccc4)CC[C@@H]3c3c([nH]c4ccccc34)[C@@H]2C(=O)N1c1ccccc1. The first kappa shape index (κ1) is 19.8. The molecule has 1 saturated carbocycles. The fourth-order valence-corrected chi connectivity index (χ4v) is 7.08. The fraction of sp³-hybridized carbons (Fsp3) is 0.267. The van der Waals surface area contributed by atoms with E-state index in [1.165, 1.54) is 21.4 Å². The van der Waals surface area contributed by atoms with Crippen LogP contribution in [0.15, 0.2) is 84.9 Å². The van der Waals surface area contributed by atoms with Gasteiger partial charge in [-0.2, -0.15) is 0 Å². The maximum Gasteiger partial charge on any atom is 0.243 e. The zero-order valence-electron chi connectivity index (χ0n) is 18.9. The zero-order chi connectivity index (χ0) is 22.8. The Labute approximate surface area is 198 Å². The second-order valence-electron chi connectivity index (χ2n) is 10.0. The number of aromatic amines is 1. The Hall–Kier alpha value is -3.66. The number of hydrogen-bond donors (Lipinski definition) is 1. The minimum atomic E-state index is -0.439. The maximum atomic E-state index is 14.0. The molecule has 3 aliphatic rings. The van der Waals surface area contributed by atoms with Gasteiger partial charge in [0.05, 0.1) is 17.5 Å². The van der Waals surface area contributed by atoms with Gasteiger partial charge in [0.2, 0.25) is 11.8 Å². The molecule has 0 radical (unpaired) electrons. The van der Waals surface area contributed by atoms with Crippen molar-refractivity contribution in [2.24, 2.45) is 11.8 Å². The zero-order valence-corrected chi connectivity index (χ0v) is 18.9. The number of aromatic nitrogens is 1. The molecule has 4 aromatic rings. The maximum absolute atomic E-state index is 14.0. The number of hydrogen-bond acceptors (Lipinski definition) is 2. The molecule has 1 aliphatic heterocycles. The second kappa shape index (κ2) is 7.42. The van der Waals surface area contributed by atoms with Crippen molar-refractivity contribution >= 4 is 28.4 Å². The minimum absolute atomic E-state index is 0.0331. The largest absolute Gasteiger partial charge is 0.357 e. The van der Waals surface area contributed by atoms with E-state index in [-0.39, 0.29) is 23.7 Å². The van der Waals surface area contributed by atoms with Gasteiger partial charge in [-0.15, -0.1) is 0 Å². The van der Waals surface area contributed by atoms with E-state index in [0.717, 1.165) is 30.5 Å². The Bertz CT molecular complexity index is 1410. The summed E-state index contributed by atoms with van der Waals surface area (Å²) in [6, 6.07) is 28.5. The van der Waals surface area contributed by atoms with Gasteiger partial charge in [0, 0.05) is 16.6 Å². The van der Waals surface area contributed by atoms with E-state index in [2.05, 4.69) is 53.5 Å². The van der Waals surface area contributed by atoms with E-state index in [1.807, 2.05) is 36.4 Å². The second-order valence-corrected chi connectivity index (χ2v) is 10.0. The van der Waals surface area contributed by atoms with Crippen LogP contribution in [0.25, 0.3) is 10.9 Å². The van der Waals surface area contributed by atoms with Crippen molar-refractivity contribution in [2.75, 3.05) is 4.90 Å². The first-order chi connectivity index (χ1) is 16.7. The lowest BCUT2D eigenvalue weighted by molar-refractivity contribution is -0.123. The van der Waals surface area contributed by atoms with E-state index in [9.17, 15) is 9.59 Å². The van der Waals surface area contributed by atoms with E-state index >= 15 is 0 Å².